The molecule has 2 N–H and O–H groups in total. The first kappa shape index (κ1) is 12.0. The molecule has 1 aliphatic carbocycles. The lowest BCUT2D eigenvalue weighted by Gasteiger charge is -2.28. The highest BCUT2D eigenvalue weighted by molar-refractivity contribution is 4.84. The van der Waals surface area contributed by atoms with E-state index in [0.29, 0.717) is 12.1 Å². The fourth-order valence-corrected chi connectivity index (χ4v) is 2.02. The van der Waals surface area contributed by atoms with E-state index in [1.54, 1.807) is 0 Å². The van der Waals surface area contributed by atoms with Gasteiger partial charge in [-0.3, -0.25) is 0 Å². The summed E-state index contributed by atoms with van der Waals surface area (Å²) in [5.74, 6) is 0.852. The van der Waals surface area contributed by atoms with Crippen molar-refractivity contribution in [3.8, 4) is 0 Å². The van der Waals surface area contributed by atoms with Gasteiger partial charge >= 0.3 is 0 Å². The molecule has 0 aromatic rings. The first-order chi connectivity index (χ1) is 6.69. The van der Waals surface area contributed by atoms with Crippen LogP contribution in [0.15, 0.2) is 0 Å². The van der Waals surface area contributed by atoms with E-state index in [-0.39, 0.29) is 0 Å². The zero-order chi connectivity index (χ0) is 10.6. The predicted molar refractivity (Wildman–Crippen MR) is 62.3 cm³/mol. The average Bonchev–Trinajstić information content (AvgIpc) is 3.01. The molecule has 0 heterocycles. The van der Waals surface area contributed by atoms with Crippen LogP contribution in [-0.2, 0) is 0 Å². The third-order valence-corrected chi connectivity index (χ3v) is 3.60. The highest BCUT2D eigenvalue weighted by Gasteiger charge is 2.28. The molecule has 84 valence electrons. The number of hydrogen-bond donors (Lipinski definition) is 1. The van der Waals surface area contributed by atoms with Crippen LogP contribution in [0, 0.1) is 5.92 Å². The molecule has 2 nitrogen and oxygen atoms in total. The largest absolute Gasteiger partial charge is 0.327 e. The molecule has 0 spiro atoms. The van der Waals surface area contributed by atoms with Crippen LogP contribution in [0.25, 0.3) is 0 Å². The maximum absolute atomic E-state index is 6.10. The van der Waals surface area contributed by atoms with E-state index in [1.165, 1.54) is 32.2 Å². The molecule has 1 fully saturated rings. The van der Waals surface area contributed by atoms with Crippen LogP contribution in [0.1, 0.15) is 46.5 Å². The Bertz CT molecular complexity index is 154. The summed E-state index contributed by atoms with van der Waals surface area (Å²) in [6.45, 7) is 9.16. The number of hydrogen-bond acceptors (Lipinski definition) is 2. The minimum atomic E-state index is 0.466. The van der Waals surface area contributed by atoms with Crippen molar-refractivity contribution in [3.63, 3.8) is 0 Å². The van der Waals surface area contributed by atoms with Crippen molar-refractivity contribution >= 4 is 0 Å². The minimum Gasteiger partial charge on any atom is -0.327 e. The van der Waals surface area contributed by atoms with Crippen molar-refractivity contribution in [2.75, 3.05) is 13.1 Å². The van der Waals surface area contributed by atoms with Crippen LogP contribution in [0.2, 0.25) is 0 Å². The van der Waals surface area contributed by atoms with Gasteiger partial charge in [0.05, 0.1) is 0 Å². The molecule has 1 rings (SSSR count). The van der Waals surface area contributed by atoms with Gasteiger partial charge in [0.1, 0.15) is 0 Å². The monoisotopic (exact) mass is 198 g/mol. The van der Waals surface area contributed by atoms with Gasteiger partial charge in [-0.2, -0.15) is 0 Å². The second kappa shape index (κ2) is 5.72. The minimum absolute atomic E-state index is 0.466. The quantitative estimate of drug-likeness (QED) is 0.680. The summed E-state index contributed by atoms with van der Waals surface area (Å²) in [6.07, 6.45) is 5.17. The molecular formula is C12H26N2. The Morgan fingerprint density at radius 3 is 2.43 bits per heavy atom. The van der Waals surface area contributed by atoms with Gasteiger partial charge in [-0.1, -0.05) is 13.8 Å². The van der Waals surface area contributed by atoms with E-state index in [0.717, 1.165) is 12.5 Å². The molecule has 0 aromatic carbocycles. The van der Waals surface area contributed by atoms with Gasteiger partial charge in [0, 0.05) is 12.1 Å². The molecule has 0 saturated heterocycles. The highest BCUT2D eigenvalue weighted by Crippen LogP contribution is 2.32. The van der Waals surface area contributed by atoms with E-state index in [2.05, 4.69) is 25.7 Å². The average molecular weight is 198 g/mol. The zero-order valence-corrected chi connectivity index (χ0v) is 10.00. The molecule has 2 unspecified atom stereocenters. The summed E-state index contributed by atoms with van der Waals surface area (Å²) in [7, 11) is 0. The normalized spacial score (nSPS) is 21.2. The van der Waals surface area contributed by atoms with E-state index in [9.17, 15) is 0 Å². The lowest BCUT2D eigenvalue weighted by molar-refractivity contribution is 0.205. The second-order valence-corrected chi connectivity index (χ2v) is 4.68. The molecule has 0 bridgehead atoms. The van der Waals surface area contributed by atoms with Crippen LogP contribution >= 0.6 is 0 Å². The van der Waals surface area contributed by atoms with Gasteiger partial charge in [-0.15, -0.1) is 0 Å². The van der Waals surface area contributed by atoms with E-state index >= 15 is 0 Å². The van der Waals surface area contributed by atoms with Crippen LogP contribution in [0.5, 0.6) is 0 Å². The summed E-state index contributed by atoms with van der Waals surface area (Å²) < 4.78 is 0. The molecule has 2 heteroatoms. The van der Waals surface area contributed by atoms with Crippen LogP contribution in [0.3, 0.4) is 0 Å². The number of rotatable bonds is 7. The molecular weight excluding hydrogens is 172 g/mol. The van der Waals surface area contributed by atoms with E-state index in [4.69, 9.17) is 5.73 Å². The molecule has 0 aliphatic heterocycles. The standard InChI is InChI=1S/C12H26N2/c1-4-10(3)14(5-2)9-8-12(13)11-6-7-11/h10-12H,4-9,13H2,1-3H3. The van der Waals surface area contributed by atoms with Crippen molar-refractivity contribution in [1.29, 1.82) is 0 Å². The Labute approximate surface area is 88.8 Å². The summed E-state index contributed by atoms with van der Waals surface area (Å²) in [5.41, 5.74) is 6.10. The van der Waals surface area contributed by atoms with Crippen molar-refractivity contribution < 1.29 is 0 Å². The maximum atomic E-state index is 6.10. The van der Waals surface area contributed by atoms with Gasteiger partial charge in [-0.25, -0.2) is 0 Å². The third kappa shape index (κ3) is 3.58. The summed E-state index contributed by atoms with van der Waals surface area (Å²) in [6, 6.07) is 1.18. The molecule has 1 aliphatic rings. The number of nitrogens with two attached hydrogens (primary N) is 1. The third-order valence-electron chi connectivity index (χ3n) is 3.60. The fourth-order valence-electron chi connectivity index (χ4n) is 2.02. The fraction of sp³-hybridized carbons (Fsp3) is 1.00. The van der Waals surface area contributed by atoms with Crippen molar-refractivity contribution in [2.24, 2.45) is 11.7 Å². The van der Waals surface area contributed by atoms with Crippen molar-refractivity contribution in [1.82, 2.24) is 4.90 Å². The first-order valence-electron chi connectivity index (χ1n) is 6.18. The van der Waals surface area contributed by atoms with Crippen molar-refractivity contribution in [3.05, 3.63) is 0 Å². The highest BCUT2D eigenvalue weighted by atomic mass is 15.1. The van der Waals surface area contributed by atoms with Crippen molar-refractivity contribution in [2.45, 2.75) is 58.5 Å². The SMILES string of the molecule is CCC(C)N(CC)CCC(N)C1CC1. The topological polar surface area (TPSA) is 29.3 Å². The Balaban J connectivity index is 2.18. The van der Waals surface area contributed by atoms with Gasteiger partial charge in [0.2, 0.25) is 0 Å². The van der Waals surface area contributed by atoms with Gasteiger partial charge in [0.15, 0.2) is 0 Å². The Morgan fingerprint density at radius 2 is 2.00 bits per heavy atom. The zero-order valence-electron chi connectivity index (χ0n) is 10.00. The molecule has 0 aromatic heterocycles. The van der Waals surface area contributed by atoms with Crippen LogP contribution in [0.4, 0.5) is 0 Å². The second-order valence-electron chi connectivity index (χ2n) is 4.68. The Morgan fingerprint density at radius 1 is 1.36 bits per heavy atom. The van der Waals surface area contributed by atoms with Gasteiger partial charge in [0.25, 0.3) is 0 Å². The summed E-state index contributed by atoms with van der Waals surface area (Å²) >= 11 is 0. The lowest BCUT2D eigenvalue weighted by atomic mass is 10.1. The predicted octanol–water partition coefficient (Wildman–Crippen LogP) is 2.23. The molecule has 0 radical (unpaired) electrons. The van der Waals surface area contributed by atoms with Crippen LogP contribution in [-0.4, -0.2) is 30.1 Å². The lowest BCUT2D eigenvalue weighted by Crippen LogP contribution is -2.36. The van der Waals surface area contributed by atoms with E-state index in [1.807, 2.05) is 0 Å². The Hall–Kier alpha value is -0.0800. The Kier molecular flexibility index (Phi) is 4.90. The van der Waals surface area contributed by atoms with Gasteiger partial charge in [-0.05, 0) is 51.6 Å². The molecule has 0 amide bonds. The van der Waals surface area contributed by atoms with E-state index < -0.39 is 0 Å². The molecule has 2 atom stereocenters. The smallest absolute Gasteiger partial charge is 0.00793 e. The molecule has 1 saturated carbocycles. The van der Waals surface area contributed by atoms with Gasteiger partial charge < -0.3 is 10.6 Å². The molecule has 14 heavy (non-hydrogen) atoms. The van der Waals surface area contributed by atoms with Crippen LogP contribution < -0.4 is 5.73 Å². The first-order valence-corrected chi connectivity index (χ1v) is 6.18. The summed E-state index contributed by atoms with van der Waals surface area (Å²) in [5, 5.41) is 0. The summed E-state index contributed by atoms with van der Waals surface area (Å²) in [4.78, 5) is 2.54. The number of nitrogens with zero attached hydrogens (tertiary/aromatic N) is 1. The maximum Gasteiger partial charge on any atom is 0.00793 e.